The molecule has 1 aliphatic rings. The molecule has 0 fully saturated rings. The Morgan fingerprint density at radius 3 is 2.96 bits per heavy atom. The third-order valence-corrected chi connectivity index (χ3v) is 4.97. The fourth-order valence-corrected chi connectivity index (χ4v) is 3.73. The number of hydrogen-bond acceptors (Lipinski definition) is 5. The van der Waals surface area contributed by atoms with Crippen LogP contribution in [0.4, 0.5) is 0 Å². The van der Waals surface area contributed by atoms with Crippen molar-refractivity contribution in [3.63, 3.8) is 0 Å². The van der Waals surface area contributed by atoms with Gasteiger partial charge in [-0.2, -0.15) is 0 Å². The van der Waals surface area contributed by atoms with Crippen molar-refractivity contribution in [3.05, 3.63) is 52.2 Å². The topological polar surface area (TPSA) is 63.9 Å². The summed E-state index contributed by atoms with van der Waals surface area (Å²) in [6, 6.07) is 11.8. The molecule has 3 heterocycles. The first-order chi connectivity index (χ1) is 11.3. The lowest BCUT2D eigenvalue weighted by Gasteiger charge is -2.26. The lowest BCUT2D eigenvalue weighted by atomic mass is 10.1. The van der Waals surface area contributed by atoms with E-state index in [4.69, 9.17) is 0 Å². The number of carbonyl (C=O) groups is 1. The molecule has 0 saturated heterocycles. The second kappa shape index (κ2) is 5.92. The molecule has 0 atom stereocenters. The van der Waals surface area contributed by atoms with Crippen molar-refractivity contribution in [3.8, 4) is 11.4 Å². The molecule has 0 bridgehead atoms. The molecule has 116 valence electrons. The summed E-state index contributed by atoms with van der Waals surface area (Å²) in [5.41, 5.74) is 2.27. The summed E-state index contributed by atoms with van der Waals surface area (Å²) >= 11 is 1.71. The maximum atomic E-state index is 12.6. The summed E-state index contributed by atoms with van der Waals surface area (Å²) in [6.45, 7) is 1.61. The molecule has 7 heteroatoms. The van der Waals surface area contributed by atoms with Gasteiger partial charge in [-0.1, -0.05) is 30.3 Å². The van der Waals surface area contributed by atoms with Gasteiger partial charge < -0.3 is 4.90 Å². The number of hydrogen-bond donors (Lipinski definition) is 0. The van der Waals surface area contributed by atoms with Crippen molar-refractivity contribution in [2.75, 3.05) is 6.54 Å². The highest BCUT2D eigenvalue weighted by molar-refractivity contribution is 7.10. The molecule has 3 aromatic rings. The molecule has 1 aliphatic heterocycles. The molecule has 0 radical (unpaired) electrons. The lowest BCUT2D eigenvalue weighted by molar-refractivity contribution is -0.132. The number of amides is 1. The monoisotopic (exact) mass is 325 g/mol. The molecule has 23 heavy (non-hydrogen) atoms. The third kappa shape index (κ3) is 2.75. The number of nitrogens with zero attached hydrogens (tertiary/aromatic N) is 5. The Hall–Kier alpha value is -2.54. The predicted molar refractivity (Wildman–Crippen MR) is 86.7 cm³/mol. The first kappa shape index (κ1) is 14.1. The van der Waals surface area contributed by atoms with E-state index in [2.05, 4.69) is 27.0 Å². The van der Waals surface area contributed by atoms with E-state index in [0.717, 1.165) is 18.5 Å². The Kier molecular flexibility index (Phi) is 3.63. The molecule has 0 spiro atoms. The highest BCUT2D eigenvalue weighted by Gasteiger charge is 2.23. The molecule has 0 unspecified atom stereocenters. The molecule has 0 saturated carbocycles. The number of thiophene rings is 1. The van der Waals surface area contributed by atoms with E-state index in [1.54, 1.807) is 16.0 Å². The van der Waals surface area contributed by atoms with Gasteiger partial charge in [0.1, 0.15) is 6.54 Å². The van der Waals surface area contributed by atoms with Gasteiger partial charge in [0, 0.05) is 17.0 Å². The van der Waals surface area contributed by atoms with Crippen molar-refractivity contribution in [2.24, 2.45) is 0 Å². The fraction of sp³-hybridized carbons (Fsp3) is 0.250. The predicted octanol–water partition coefficient (Wildman–Crippen LogP) is 1.99. The summed E-state index contributed by atoms with van der Waals surface area (Å²) in [5, 5.41) is 13.8. The minimum atomic E-state index is 0.0496. The molecule has 6 nitrogen and oxygen atoms in total. The SMILES string of the molecule is O=C(Cn1nnnc1-c1ccccc1)N1CCc2ccsc2C1. The molecule has 4 rings (SSSR count). The second-order valence-corrected chi connectivity index (χ2v) is 6.46. The molecule has 1 aromatic carbocycles. The van der Waals surface area contributed by atoms with Crippen LogP contribution in [0.25, 0.3) is 11.4 Å². The molecular formula is C16H15N5OS. The summed E-state index contributed by atoms with van der Waals surface area (Å²) in [6.07, 6.45) is 0.922. The van der Waals surface area contributed by atoms with Gasteiger partial charge in [0.05, 0.1) is 6.54 Å². The Bertz CT molecular complexity index is 826. The maximum Gasteiger partial charge on any atom is 0.244 e. The Morgan fingerprint density at radius 2 is 2.09 bits per heavy atom. The van der Waals surface area contributed by atoms with Crippen LogP contribution in [0.3, 0.4) is 0 Å². The van der Waals surface area contributed by atoms with Crippen molar-refractivity contribution < 1.29 is 4.79 Å². The minimum absolute atomic E-state index is 0.0496. The Balaban J connectivity index is 1.51. The fourth-order valence-electron chi connectivity index (χ4n) is 2.78. The smallest absolute Gasteiger partial charge is 0.244 e. The summed E-state index contributed by atoms with van der Waals surface area (Å²) in [4.78, 5) is 15.8. The van der Waals surface area contributed by atoms with Crippen LogP contribution in [-0.2, 0) is 24.3 Å². The van der Waals surface area contributed by atoms with Crippen molar-refractivity contribution in [1.82, 2.24) is 25.1 Å². The first-order valence-electron chi connectivity index (χ1n) is 7.46. The van der Waals surface area contributed by atoms with Gasteiger partial charge in [0.25, 0.3) is 0 Å². The normalized spacial score (nSPS) is 13.8. The van der Waals surface area contributed by atoms with Crippen LogP contribution < -0.4 is 0 Å². The van der Waals surface area contributed by atoms with Gasteiger partial charge >= 0.3 is 0 Å². The minimum Gasteiger partial charge on any atom is -0.336 e. The summed E-state index contributed by atoms with van der Waals surface area (Å²) in [7, 11) is 0. The van der Waals surface area contributed by atoms with Crippen LogP contribution in [0.15, 0.2) is 41.8 Å². The molecule has 0 N–H and O–H groups in total. The third-order valence-electron chi connectivity index (χ3n) is 4.02. The Morgan fingerprint density at radius 1 is 1.22 bits per heavy atom. The van der Waals surface area contributed by atoms with E-state index in [1.807, 2.05) is 35.2 Å². The van der Waals surface area contributed by atoms with Gasteiger partial charge in [-0.3, -0.25) is 4.79 Å². The van der Waals surface area contributed by atoms with Crippen LogP contribution in [0.5, 0.6) is 0 Å². The van der Waals surface area contributed by atoms with Crippen molar-refractivity contribution >= 4 is 17.2 Å². The average Bonchev–Trinajstić information content (AvgIpc) is 3.23. The zero-order valence-electron chi connectivity index (χ0n) is 12.4. The van der Waals surface area contributed by atoms with E-state index in [-0.39, 0.29) is 12.5 Å². The lowest BCUT2D eigenvalue weighted by Crippen LogP contribution is -2.37. The zero-order valence-corrected chi connectivity index (χ0v) is 13.2. The maximum absolute atomic E-state index is 12.6. The van der Waals surface area contributed by atoms with Crippen LogP contribution >= 0.6 is 11.3 Å². The standard InChI is InChI=1S/C16H15N5OS/c22-15(20-8-6-12-7-9-23-14(12)10-20)11-21-16(17-18-19-21)13-4-2-1-3-5-13/h1-5,7,9H,6,8,10-11H2. The van der Waals surface area contributed by atoms with Gasteiger partial charge in [0.15, 0.2) is 5.82 Å². The average molecular weight is 325 g/mol. The Labute approximate surface area is 137 Å². The van der Waals surface area contributed by atoms with Crippen LogP contribution in [0, 0.1) is 0 Å². The summed E-state index contributed by atoms with van der Waals surface area (Å²) < 4.78 is 1.57. The highest BCUT2D eigenvalue weighted by Crippen LogP contribution is 2.24. The van der Waals surface area contributed by atoms with Gasteiger partial charge in [-0.15, -0.1) is 16.4 Å². The van der Waals surface area contributed by atoms with Crippen LogP contribution in [-0.4, -0.2) is 37.6 Å². The molecular weight excluding hydrogens is 310 g/mol. The highest BCUT2D eigenvalue weighted by atomic mass is 32.1. The quantitative estimate of drug-likeness (QED) is 0.739. The van der Waals surface area contributed by atoms with Crippen molar-refractivity contribution in [2.45, 2.75) is 19.5 Å². The number of benzene rings is 1. The van der Waals surface area contributed by atoms with Gasteiger partial charge in [-0.05, 0) is 33.9 Å². The van der Waals surface area contributed by atoms with Crippen molar-refractivity contribution in [1.29, 1.82) is 0 Å². The van der Waals surface area contributed by atoms with E-state index >= 15 is 0 Å². The number of aromatic nitrogens is 4. The van der Waals surface area contributed by atoms with E-state index in [9.17, 15) is 4.79 Å². The van der Waals surface area contributed by atoms with E-state index in [1.165, 1.54) is 10.4 Å². The van der Waals surface area contributed by atoms with E-state index < -0.39 is 0 Å². The largest absolute Gasteiger partial charge is 0.336 e. The van der Waals surface area contributed by atoms with Crippen LogP contribution in [0.1, 0.15) is 10.4 Å². The molecule has 2 aromatic heterocycles. The number of rotatable bonds is 3. The number of tetrazole rings is 1. The molecule has 0 aliphatic carbocycles. The number of carbonyl (C=O) groups excluding carboxylic acids is 1. The second-order valence-electron chi connectivity index (χ2n) is 5.46. The number of fused-ring (bicyclic) bond motifs is 1. The van der Waals surface area contributed by atoms with Crippen LogP contribution in [0.2, 0.25) is 0 Å². The van der Waals surface area contributed by atoms with Gasteiger partial charge in [-0.25, -0.2) is 4.68 Å². The van der Waals surface area contributed by atoms with Gasteiger partial charge in [0.2, 0.25) is 5.91 Å². The van der Waals surface area contributed by atoms with E-state index in [0.29, 0.717) is 12.4 Å². The summed E-state index contributed by atoms with van der Waals surface area (Å²) in [5.74, 6) is 0.668. The zero-order chi connectivity index (χ0) is 15.6. The molecule has 1 amide bonds. The first-order valence-corrected chi connectivity index (χ1v) is 8.34.